The van der Waals surface area contributed by atoms with E-state index >= 15 is 0 Å². The third kappa shape index (κ3) is 2.74. The van der Waals surface area contributed by atoms with Crippen LogP contribution < -0.4 is 0 Å². The number of likely N-dealkylation sites (tertiary alicyclic amines) is 1. The number of hydrogen-bond acceptors (Lipinski definition) is 4. The lowest BCUT2D eigenvalue weighted by Gasteiger charge is -2.48. The van der Waals surface area contributed by atoms with Gasteiger partial charge in [-0.25, -0.2) is 4.79 Å². The second-order valence-electron chi connectivity index (χ2n) is 7.52. The Hall–Kier alpha value is -2.95. The first kappa shape index (κ1) is 17.5. The molecule has 2 aliphatic heterocycles. The predicted molar refractivity (Wildman–Crippen MR) is 103 cm³/mol. The van der Waals surface area contributed by atoms with Crippen molar-refractivity contribution < 1.29 is 14.3 Å². The van der Waals surface area contributed by atoms with Gasteiger partial charge in [-0.05, 0) is 30.5 Å². The first-order valence-electron chi connectivity index (χ1n) is 9.06. The van der Waals surface area contributed by atoms with Gasteiger partial charge in [-0.2, -0.15) is 0 Å². The standard InChI is InChI=1S/C22H22N2O3/c1-21(20(26)27-2)14-22(15-23-18-11-7-6-10-17(18)22)12-19(25)24(21)13-16-8-4-3-5-9-16/h3-11,15H,12-14H2,1-2H3/t21-,22-/m1/s1. The van der Waals surface area contributed by atoms with Gasteiger partial charge in [0.05, 0.1) is 12.8 Å². The lowest BCUT2D eigenvalue weighted by Crippen LogP contribution is -2.63. The fourth-order valence-corrected chi connectivity index (χ4v) is 4.40. The summed E-state index contributed by atoms with van der Waals surface area (Å²) in [5.74, 6) is -0.468. The molecule has 0 bridgehead atoms. The molecule has 2 atom stereocenters. The van der Waals surface area contributed by atoms with Crippen LogP contribution in [0.4, 0.5) is 5.69 Å². The molecule has 0 aliphatic carbocycles. The molecule has 5 nitrogen and oxygen atoms in total. The smallest absolute Gasteiger partial charge is 0.331 e. The van der Waals surface area contributed by atoms with E-state index in [0.717, 1.165) is 16.8 Å². The van der Waals surface area contributed by atoms with Crippen molar-refractivity contribution in [1.82, 2.24) is 4.90 Å². The second-order valence-corrected chi connectivity index (χ2v) is 7.52. The number of para-hydroxylation sites is 1. The highest BCUT2D eigenvalue weighted by molar-refractivity contribution is 5.97. The van der Waals surface area contributed by atoms with Gasteiger partial charge < -0.3 is 9.64 Å². The number of piperidine rings is 1. The molecule has 138 valence electrons. The second kappa shape index (κ2) is 6.34. The summed E-state index contributed by atoms with van der Waals surface area (Å²) in [5, 5.41) is 0. The molecule has 2 aromatic rings. The molecule has 1 amide bonds. The van der Waals surface area contributed by atoms with Gasteiger partial charge in [-0.3, -0.25) is 9.79 Å². The summed E-state index contributed by atoms with van der Waals surface area (Å²) >= 11 is 0. The van der Waals surface area contributed by atoms with E-state index in [0.29, 0.717) is 19.4 Å². The molecular formula is C22H22N2O3. The Labute approximate surface area is 158 Å². The van der Waals surface area contributed by atoms with E-state index in [1.165, 1.54) is 7.11 Å². The van der Waals surface area contributed by atoms with Gasteiger partial charge in [0.25, 0.3) is 0 Å². The van der Waals surface area contributed by atoms with Crippen molar-refractivity contribution in [3.8, 4) is 0 Å². The van der Waals surface area contributed by atoms with Crippen molar-refractivity contribution in [3.05, 3.63) is 65.7 Å². The number of rotatable bonds is 3. The molecular weight excluding hydrogens is 340 g/mol. The topological polar surface area (TPSA) is 59.0 Å². The van der Waals surface area contributed by atoms with Crippen molar-refractivity contribution in [2.45, 2.75) is 37.3 Å². The van der Waals surface area contributed by atoms with Crippen LogP contribution in [0.25, 0.3) is 0 Å². The fraction of sp³-hybridized carbons (Fsp3) is 0.318. The van der Waals surface area contributed by atoms with Gasteiger partial charge in [0.2, 0.25) is 5.91 Å². The van der Waals surface area contributed by atoms with E-state index in [2.05, 4.69) is 4.99 Å². The monoisotopic (exact) mass is 362 g/mol. The number of methoxy groups -OCH3 is 1. The minimum atomic E-state index is -1.07. The number of fused-ring (bicyclic) bond motifs is 2. The molecule has 0 saturated carbocycles. The maximum absolute atomic E-state index is 13.3. The molecule has 2 aliphatic rings. The van der Waals surface area contributed by atoms with Crippen molar-refractivity contribution in [2.75, 3.05) is 7.11 Å². The van der Waals surface area contributed by atoms with Crippen LogP contribution in [0.1, 0.15) is 30.9 Å². The van der Waals surface area contributed by atoms with Crippen molar-refractivity contribution in [1.29, 1.82) is 0 Å². The summed E-state index contributed by atoms with van der Waals surface area (Å²) in [7, 11) is 1.37. The van der Waals surface area contributed by atoms with Gasteiger partial charge in [-0.15, -0.1) is 0 Å². The zero-order chi connectivity index (χ0) is 19.1. The molecule has 5 heteroatoms. The van der Waals surface area contributed by atoms with Crippen molar-refractivity contribution >= 4 is 23.8 Å². The molecule has 0 aromatic heterocycles. The van der Waals surface area contributed by atoms with Crippen LogP contribution in [-0.2, 0) is 26.3 Å². The number of esters is 1. The number of benzene rings is 2. The molecule has 2 heterocycles. The fourth-order valence-electron chi connectivity index (χ4n) is 4.40. The van der Waals surface area contributed by atoms with E-state index < -0.39 is 16.9 Å². The normalized spacial score (nSPS) is 26.3. The molecule has 2 aromatic carbocycles. The van der Waals surface area contributed by atoms with Crippen LogP contribution in [0.2, 0.25) is 0 Å². The number of carbonyl (C=O) groups is 2. The SMILES string of the molecule is COC(=O)[C@@]1(C)C[C@@]2(C=Nc3ccccc32)CC(=O)N1Cc1ccccc1. The highest BCUT2D eigenvalue weighted by Gasteiger charge is 2.56. The number of ether oxygens (including phenoxy) is 1. The summed E-state index contributed by atoms with van der Waals surface area (Å²) in [6.07, 6.45) is 2.59. The molecule has 0 radical (unpaired) electrons. The molecule has 0 unspecified atom stereocenters. The number of carbonyl (C=O) groups excluding carboxylic acids is 2. The summed E-state index contributed by atoms with van der Waals surface area (Å²) in [5.41, 5.74) is 1.23. The average molecular weight is 362 g/mol. The van der Waals surface area contributed by atoms with E-state index in [-0.39, 0.29) is 5.91 Å². The third-order valence-corrected chi connectivity index (χ3v) is 5.72. The van der Waals surface area contributed by atoms with Gasteiger partial charge in [0.15, 0.2) is 0 Å². The van der Waals surface area contributed by atoms with Gasteiger partial charge >= 0.3 is 5.97 Å². The Kier molecular flexibility index (Phi) is 4.10. The van der Waals surface area contributed by atoms with Crippen molar-refractivity contribution in [3.63, 3.8) is 0 Å². The van der Waals surface area contributed by atoms with E-state index in [4.69, 9.17) is 4.74 Å². The summed E-state index contributed by atoms with van der Waals surface area (Å²) in [6.45, 7) is 2.18. The summed E-state index contributed by atoms with van der Waals surface area (Å²) in [4.78, 5) is 32.3. The number of nitrogens with zero attached hydrogens (tertiary/aromatic N) is 2. The summed E-state index contributed by atoms with van der Waals surface area (Å²) in [6, 6.07) is 17.5. The molecule has 0 N–H and O–H groups in total. The van der Waals surface area contributed by atoms with Crippen LogP contribution in [0.15, 0.2) is 59.6 Å². The van der Waals surface area contributed by atoms with E-state index in [9.17, 15) is 9.59 Å². The first-order chi connectivity index (χ1) is 13.0. The Morgan fingerprint density at radius 3 is 2.59 bits per heavy atom. The van der Waals surface area contributed by atoms with Gasteiger partial charge in [0.1, 0.15) is 5.54 Å². The number of aliphatic imine (C=N–C) groups is 1. The van der Waals surface area contributed by atoms with Crippen LogP contribution in [-0.4, -0.2) is 35.6 Å². The Morgan fingerprint density at radius 1 is 1.15 bits per heavy atom. The molecule has 1 fully saturated rings. The van der Waals surface area contributed by atoms with Crippen LogP contribution in [0, 0.1) is 0 Å². The number of amides is 1. The van der Waals surface area contributed by atoms with E-state index in [1.807, 2.05) is 60.8 Å². The lowest BCUT2D eigenvalue weighted by molar-refractivity contribution is -0.167. The quantitative estimate of drug-likeness (QED) is 0.787. The number of hydrogen-bond donors (Lipinski definition) is 0. The van der Waals surface area contributed by atoms with Gasteiger partial charge in [0, 0.05) is 24.6 Å². The predicted octanol–water partition coefficient (Wildman–Crippen LogP) is 3.39. The minimum Gasteiger partial charge on any atom is -0.467 e. The molecule has 1 spiro atoms. The van der Waals surface area contributed by atoms with Crippen LogP contribution in [0.3, 0.4) is 0 Å². The lowest BCUT2D eigenvalue weighted by atomic mass is 9.67. The van der Waals surface area contributed by atoms with Crippen LogP contribution >= 0.6 is 0 Å². The summed E-state index contributed by atoms with van der Waals surface area (Å²) < 4.78 is 5.12. The zero-order valence-electron chi connectivity index (χ0n) is 15.5. The first-order valence-corrected chi connectivity index (χ1v) is 9.06. The Morgan fingerprint density at radius 2 is 1.85 bits per heavy atom. The zero-order valence-corrected chi connectivity index (χ0v) is 15.5. The average Bonchev–Trinajstić information content (AvgIpc) is 3.03. The molecule has 4 rings (SSSR count). The van der Waals surface area contributed by atoms with Crippen LogP contribution in [0.5, 0.6) is 0 Å². The maximum atomic E-state index is 13.3. The largest absolute Gasteiger partial charge is 0.467 e. The third-order valence-electron chi connectivity index (χ3n) is 5.72. The molecule has 27 heavy (non-hydrogen) atoms. The molecule has 1 saturated heterocycles. The minimum absolute atomic E-state index is 0.0684. The Bertz CT molecular complexity index is 924. The van der Waals surface area contributed by atoms with Crippen molar-refractivity contribution in [2.24, 2.45) is 4.99 Å². The highest BCUT2D eigenvalue weighted by Crippen LogP contribution is 2.49. The highest BCUT2D eigenvalue weighted by atomic mass is 16.5. The van der Waals surface area contributed by atoms with E-state index in [1.54, 1.807) is 11.8 Å². The Balaban J connectivity index is 1.75. The maximum Gasteiger partial charge on any atom is 0.331 e. The van der Waals surface area contributed by atoms with Gasteiger partial charge in [-0.1, -0.05) is 48.5 Å².